The van der Waals surface area contributed by atoms with E-state index in [-0.39, 0.29) is 10.9 Å². The second-order valence-electron chi connectivity index (χ2n) is 3.25. The molecule has 0 atom stereocenters. The summed E-state index contributed by atoms with van der Waals surface area (Å²) < 4.78 is 0. The molecule has 1 N–H and O–H groups in total. The predicted octanol–water partition coefficient (Wildman–Crippen LogP) is 2.67. The Morgan fingerprint density at radius 2 is 2.44 bits per heavy atom. The molecule has 0 aromatic carbocycles. The van der Waals surface area contributed by atoms with Crippen molar-refractivity contribution < 1.29 is 9.90 Å². The van der Waals surface area contributed by atoms with Crippen LogP contribution in [0.4, 0.5) is 0 Å². The summed E-state index contributed by atoms with van der Waals surface area (Å²) in [6.45, 7) is 5.65. The van der Waals surface area contributed by atoms with Crippen molar-refractivity contribution in [3.05, 3.63) is 36.1 Å². The van der Waals surface area contributed by atoms with E-state index >= 15 is 0 Å². The van der Waals surface area contributed by atoms with Gasteiger partial charge in [0.25, 0.3) is 0 Å². The summed E-state index contributed by atoms with van der Waals surface area (Å²) in [5.41, 5.74) is 1.29. The van der Waals surface area contributed by atoms with Gasteiger partial charge >= 0.3 is 0 Å². The molecule has 1 fully saturated rings. The van der Waals surface area contributed by atoms with Crippen LogP contribution in [0.3, 0.4) is 0 Å². The zero-order valence-corrected chi connectivity index (χ0v) is 10.1. The highest BCUT2D eigenvalue weighted by atomic mass is 32.2. The number of thioether (sulfide) groups is 1. The Labute approximate surface area is 99.7 Å². The molecule has 16 heavy (non-hydrogen) atoms. The molecule has 0 amide bonds. The molecule has 0 aromatic rings. The topological polar surface area (TPSA) is 49.7 Å². The smallest absolute Gasteiger partial charge is 0.233 e. The second kappa shape index (κ2) is 6.33. The van der Waals surface area contributed by atoms with E-state index in [4.69, 9.17) is 0 Å². The lowest BCUT2D eigenvalue weighted by Crippen LogP contribution is -2.05. The molecule has 0 aliphatic carbocycles. The van der Waals surface area contributed by atoms with E-state index in [2.05, 4.69) is 11.6 Å². The third-order valence-electron chi connectivity index (χ3n) is 2.17. The van der Waals surface area contributed by atoms with E-state index in [1.807, 2.05) is 0 Å². The van der Waals surface area contributed by atoms with Gasteiger partial charge in [0.2, 0.25) is 5.12 Å². The number of hydrogen-bond acceptors (Lipinski definition) is 4. The van der Waals surface area contributed by atoms with Crippen LogP contribution < -0.4 is 0 Å². The van der Waals surface area contributed by atoms with Crippen molar-refractivity contribution in [2.75, 3.05) is 12.3 Å². The van der Waals surface area contributed by atoms with Gasteiger partial charge in [0.1, 0.15) is 5.76 Å². The largest absolute Gasteiger partial charge is 0.508 e. The highest BCUT2D eigenvalue weighted by molar-refractivity contribution is 8.16. The fourth-order valence-electron chi connectivity index (χ4n) is 1.30. The minimum absolute atomic E-state index is 0.0536. The van der Waals surface area contributed by atoms with Crippen LogP contribution in [0.1, 0.15) is 13.3 Å². The maximum atomic E-state index is 11.3. The summed E-state index contributed by atoms with van der Waals surface area (Å²) >= 11 is 1.30. The Morgan fingerprint density at radius 1 is 1.69 bits per heavy atom. The highest BCUT2D eigenvalue weighted by Crippen LogP contribution is 2.17. The lowest BCUT2D eigenvalue weighted by molar-refractivity contribution is -0.105. The zero-order chi connectivity index (χ0) is 12.0. The number of hydrogen-bond donors (Lipinski definition) is 1. The van der Waals surface area contributed by atoms with Crippen molar-refractivity contribution in [2.45, 2.75) is 13.3 Å². The lowest BCUT2D eigenvalue weighted by Gasteiger charge is -2.02. The molecule has 3 nitrogen and oxygen atoms in total. The molecule has 0 radical (unpaired) electrons. The normalized spacial score (nSPS) is 20.6. The number of aliphatic imine (C=N–C) groups is 1. The Morgan fingerprint density at radius 3 is 2.94 bits per heavy atom. The SMILES string of the molecule is C=C/C=C(CN=C1CCSC1=O)\C(O)=C/C. The van der Waals surface area contributed by atoms with Crippen LogP contribution >= 0.6 is 11.8 Å². The van der Waals surface area contributed by atoms with E-state index in [9.17, 15) is 9.90 Å². The first-order chi connectivity index (χ1) is 7.69. The Bertz CT molecular complexity index is 380. The van der Waals surface area contributed by atoms with Crippen molar-refractivity contribution in [1.29, 1.82) is 0 Å². The summed E-state index contributed by atoms with van der Waals surface area (Å²) in [5, 5.41) is 9.63. The summed E-state index contributed by atoms with van der Waals surface area (Å²) in [5.74, 6) is 0.996. The average molecular weight is 237 g/mol. The van der Waals surface area contributed by atoms with Crippen LogP contribution in [-0.2, 0) is 4.79 Å². The Kier molecular flexibility index (Phi) is 5.05. The molecule has 0 saturated carbocycles. The molecule has 1 aliphatic heterocycles. The molecule has 1 rings (SSSR count). The van der Waals surface area contributed by atoms with Crippen LogP contribution in [-0.4, -0.2) is 28.2 Å². The van der Waals surface area contributed by atoms with Gasteiger partial charge < -0.3 is 5.11 Å². The second-order valence-corrected chi connectivity index (χ2v) is 4.32. The fraction of sp³-hybridized carbons (Fsp3) is 0.333. The van der Waals surface area contributed by atoms with Crippen LogP contribution in [0.2, 0.25) is 0 Å². The molecule has 1 saturated heterocycles. The molecule has 86 valence electrons. The number of carbonyl (C=O) groups excluding carboxylic acids is 1. The average Bonchev–Trinajstić information content (AvgIpc) is 2.69. The van der Waals surface area contributed by atoms with E-state index in [1.54, 1.807) is 25.2 Å². The summed E-state index contributed by atoms with van der Waals surface area (Å²) in [6, 6.07) is 0. The van der Waals surface area contributed by atoms with Gasteiger partial charge in [-0.25, -0.2) is 0 Å². The number of aliphatic hydroxyl groups excluding tert-OH is 1. The van der Waals surface area contributed by atoms with Crippen molar-refractivity contribution in [3.63, 3.8) is 0 Å². The van der Waals surface area contributed by atoms with E-state index in [0.29, 0.717) is 17.8 Å². The van der Waals surface area contributed by atoms with Crippen molar-refractivity contribution in [2.24, 2.45) is 4.99 Å². The van der Waals surface area contributed by atoms with E-state index in [1.165, 1.54) is 11.8 Å². The first-order valence-electron chi connectivity index (χ1n) is 5.06. The van der Waals surface area contributed by atoms with E-state index in [0.717, 1.165) is 12.2 Å². The summed E-state index contributed by atoms with van der Waals surface area (Å²) in [4.78, 5) is 15.5. The van der Waals surface area contributed by atoms with Crippen molar-refractivity contribution in [3.8, 4) is 0 Å². The predicted molar refractivity (Wildman–Crippen MR) is 69.0 cm³/mol. The van der Waals surface area contributed by atoms with Gasteiger partial charge in [0, 0.05) is 17.7 Å². The van der Waals surface area contributed by atoms with Crippen molar-refractivity contribution >= 4 is 22.6 Å². The molecule has 0 unspecified atom stereocenters. The molecular weight excluding hydrogens is 222 g/mol. The Hall–Kier alpha value is -1.29. The molecule has 1 aliphatic rings. The van der Waals surface area contributed by atoms with Gasteiger partial charge in [-0.05, 0) is 13.0 Å². The minimum Gasteiger partial charge on any atom is -0.508 e. The van der Waals surface area contributed by atoms with Crippen molar-refractivity contribution in [1.82, 2.24) is 0 Å². The Balaban J connectivity index is 2.74. The summed E-state index contributed by atoms with van der Waals surface area (Å²) in [6.07, 6.45) is 5.62. The minimum atomic E-state index is 0.0536. The maximum absolute atomic E-state index is 11.3. The molecular formula is C12H15NO2S. The number of nitrogens with zero attached hydrogens (tertiary/aromatic N) is 1. The van der Waals surface area contributed by atoms with Gasteiger partial charge in [0.15, 0.2) is 0 Å². The molecule has 0 spiro atoms. The van der Waals surface area contributed by atoms with Gasteiger partial charge in [-0.3, -0.25) is 9.79 Å². The third-order valence-corrected chi connectivity index (χ3v) is 3.08. The number of allylic oxidation sites excluding steroid dienone is 3. The first-order valence-corrected chi connectivity index (χ1v) is 6.05. The fourth-order valence-corrected chi connectivity index (χ4v) is 2.11. The van der Waals surface area contributed by atoms with Gasteiger partial charge in [-0.2, -0.15) is 0 Å². The molecule has 1 heterocycles. The molecule has 0 aromatic heterocycles. The first kappa shape index (κ1) is 12.8. The number of rotatable bonds is 4. The quantitative estimate of drug-likeness (QED) is 0.604. The maximum Gasteiger partial charge on any atom is 0.233 e. The summed E-state index contributed by atoms with van der Waals surface area (Å²) in [7, 11) is 0. The highest BCUT2D eigenvalue weighted by Gasteiger charge is 2.19. The van der Waals surface area contributed by atoms with Crippen LogP contribution in [0, 0.1) is 0 Å². The number of carbonyl (C=O) groups is 1. The van der Waals surface area contributed by atoms with Gasteiger partial charge in [0.05, 0.1) is 12.3 Å². The standard InChI is InChI=1S/C12H15NO2S/c1-3-5-9(11(14)4-2)8-13-10-6-7-16-12(10)15/h3-5,14H,1,6-8H2,2H3/b9-5-,11-4+,13-10?. The monoisotopic (exact) mass is 237 g/mol. The third kappa shape index (κ3) is 3.38. The molecule has 4 heteroatoms. The van der Waals surface area contributed by atoms with Crippen LogP contribution in [0.15, 0.2) is 41.1 Å². The van der Waals surface area contributed by atoms with E-state index < -0.39 is 0 Å². The van der Waals surface area contributed by atoms with Crippen LogP contribution in [0.25, 0.3) is 0 Å². The number of aliphatic hydroxyl groups is 1. The van der Waals surface area contributed by atoms with Gasteiger partial charge in [-0.1, -0.05) is 30.5 Å². The van der Waals surface area contributed by atoms with Crippen LogP contribution in [0.5, 0.6) is 0 Å². The molecule has 0 bridgehead atoms. The van der Waals surface area contributed by atoms with Gasteiger partial charge in [-0.15, -0.1) is 0 Å². The zero-order valence-electron chi connectivity index (χ0n) is 9.27. The lowest BCUT2D eigenvalue weighted by atomic mass is 10.2.